The normalized spacial score (nSPS) is 10.0. The molecule has 0 heterocycles. The summed E-state index contributed by atoms with van der Waals surface area (Å²) in [5.41, 5.74) is 0.788. The second-order valence-corrected chi connectivity index (χ2v) is 4.99. The van der Waals surface area contributed by atoms with Crippen molar-refractivity contribution >= 4 is 24.0 Å². The van der Waals surface area contributed by atoms with Gasteiger partial charge in [-0.05, 0) is 38.1 Å². The topological polar surface area (TPSA) is 50.4 Å². The van der Waals surface area contributed by atoms with Gasteiger partial charge < -0.3 is 15.4 Å². The van der Waals surface area contributed by atoms with Crippen molar-refractivity contribution in [3.8, 4) is 5.75 Å². The van der Waals surface area contributed by atoms with Crippen molar-refractivity contribution in [3.05, 3.63) is 24.3 Å². The maximum absolute atomic E-state index is 11.7. The van der Waals surface area contributed by atoms with E-state index in [1.165, 1.54) is 0 Å². The number of hydrogen-bond donors (Lipinski definition) is 2. The zero-order chi connectivity index (χ0) is 14.1. The molecule has 5 heteroatoms. The minimum absolute atomic E-state index is 0. The summed E-state index contributed by atoms with van der Waals surface area (Å²) >= 11 is 0. The zero-order valence-corrected chi connectivity index (χ0v) is 13.3. The van der Waals surface area contributed by atoms with Gasteiger partial charge in [-0.15, -0.1) is 12.4 Å². The Bertz CT molecular complexity index is 397. The van der Waals surface area contributed by atoms with Crippen LogP contribution in [-0.2, 0) is 4.79 Å². The van der Waals surface area contributed by atoms with Gasteiger partial charge in [-0.25, -0.2) is 0 Å². The molecule has 0 bridgehead atoms. The largest absolute Gasteiger partial charge is 0.493 e. The number of hydrogen-bond acceptors (Lipinski definition) is 3. The summed E-state index contributed by atoms with van der Waals surface area (Å²) in [6.07, 6.45) is 1.36. The van der Waals surface area contributed by atoms with Crippen molar-refractivity contribution in [3.63, 3.8) is 0 Å². The van der Waals surface area contributed by atoms with E-state index in [0.717, 1.165) is 24.4 Å². The number of nitrogens with one attached hydrogen (secondary N) is 2. The highest BCUT2D eigenvalue weighted by Crippen LogP contribution is 2.18. The van der Waals surface area contributed by atoms with Crippen molar-refractivity contribution < 1.29 is 9.53 Å². The fourth-order valence-corrected chi connectivity index (χ4v) is 1.58. The summed E-state index contributed by atoms with van der Waals surface area (Å²) in [4.78, 5) is 11.7. The molecule has 2 N–H and O–H groups in total. The number of ether oxygens (including phenoxy) is 1. The van der Waals surface area contributed by atoms with E-state index in [0.29, 0.717) is 18.9 Å². The predicted molar refractivity (Wildman–Crippen MR) is 85.8 cm³/mol. The molecule has 0 fully saturated rings. The van der Waals surface area contributed by atoms with E-state index in [2.05, 4.69) is 24.5 Å². The highest BCUT2D eigenvalue weighted by molar-refractivity contribution is 5.90. The molecule has 0 unspecified atom stereocenters. The van der Waals surface area contributed by atoms with Crippen LogP contribution in [0.4, 0.5) is 5.69 Å². The molecule has 0 aliphatic rings. The van der Waals surface area contributed by atoms with Crippen LogP contribution in [0.15, 0.2) is 24.3 Å². The summed E-state index contributed by atoms with van der Waals surface area (Å²) in [5, 5.41) is 5.91. The third-order valence-corrected chi connectivity index (χ3v) is 2.53. The fraction of sp³-hybridized carbons (Fsp3) is 0.533. The molecule has 1 aromatic rings. The second-order valence-electron chi connectivity index (χ2n) is 4.99. The molecule has 20 heavy (non-hydrogen) atoms. The van der Waals surface area contributed by atoms with Crippen LogP contribution in [-0.4, -0.2) is 26.1 Å². The molecule has 0 spiro atoms. The summed E-state index contributed by atoms with van der Waals surface area (Å²) in [7, 11) is 1.88. The maximum atomic E-state index is 11.7. The van der Waals surface area contributed by atoms with Gasteiger partial charge in [-0.2, -0.15) is 0 Å². The number of benzene rings is 1. The Morgan fingerprint density at radius 3 is 2.75 bits per heavy atom. The average molecular weight is 301 g/mol. The number of halogens is 1. The van der Waals surface area contributed by atoms with Crippen LogP contribution >= 0.6 is 12.4 Å². The van der Waals surface area contributed by atoms with Gasteiger partial charge in [0.05, 0.1) is 6.61 Å². The van der Waals surface area contributed by atoms with Crippen LogP contribution in [0.5, 0.6) is 5.75 Å². The molecule has 0 aliphatic carbocycles. The first-order chi connectivity index (χ1) is 9.11. The van der Waals surface area contributed by atoms with E-state index in [1.54, 1.807) is 0 Å². The van der Waals surface area contributed by atoms with Gasteiger partial charge >= 0.3 is 0 Å². The Kier molecular flexibility index (Phi) is 9.86. The van der Waals surface area contributed by atoms with Gasteiger partial charge in [0.25, 0.3) is 0 Å². The van der Waals surface area contributed by atoms with Gasteiger partial charge in [-0.3, -0.25) is 4.79 Å². The third-order valence-electron chi connectivity index (χ3n) is 2.53. The molecular weight excluding hydrogens is 276 g/mol. The van der Waals surface area contributed by atoms with E-state index in [1.807, 2.05) is 31.3 Å². The van der Waals surface area contributed by atoms with E-state index >= 15 is 0 Å². The molecule has 1 rings (SSSR count). The van der Waals surface area contributed by atoms with Crippen molar-refractivity contribution in [2.24, 2.45) is 5.92 Å². The van der Waals surface area contributed by atoms with Crippen molar-refractivity contribution in [1.82, 2.24) is 5.32 Å². The van der Waals surface area contributed by atoms with Crippen LogP contribution in [0.3, 0.4) is 0 Å². The number of carbonyl (C=O) groups excluding carboxylic acids is 1. The third kappa shape index (κ3) is 8.02. The van der Waals surface area contributed by atoms with Crippen molar-refractivity contribution in [1.29, 1.82) is 0 Å². The summed E-state index contributed by atoms with van der Waals surface area (Å²) < 4.78 is 5.63. The van der Waals surface area contributed by atoms with Gasteiger partial charge in [-0.1, -0.05) is 19.9 Å². The Balaban J connectivity index is 0.00000361. The van der Waals surface area contributed by atoms with E-state index in [4.69, 9.17) is 4.74 Å². The SMILES string of the molecule is CNCCCC(=O)Nc1cccc(OCC(C)C)c1.Cl. The first-order valence-electron chi connectivity index (χ1n) is 6.79. The van der Waals surface area contributed by atoms with E-state index in [-0.39, 0.29) is 18.3 Å². The predicted octanol–water partition coefficient (Wildman–Crippen LogP) is 3.08. The Labute approximate surface area is 127 Å². The molecule has 1 amide bonds. The lowest BCUT2D eigenvalue weighted by molar-refractivity contribution is -0.116. The number of anilines is 1. The molecule has 0 aromatic heterocycles. The molecule has 1 aromatic carbocycles. The highest BCUT2D eigenvalue weighted by Gasteiger charge is 2.03. The molecular formula is C15H25ClN2O2. The monoisotopic (exact) mass is 300 g/mol. The van der Waals surface area contributed by atoms with E-state index < -0.39 is 0 Å². The van der Waals surface area contributed by atoms with Crippen molar-refractivity contribution in [2.75, 3.05) is 25.5 Å². The minimum atomic E-state index is 0. The molecule has 0 saturated carbocycles. The summed E-state index contributed by atoms with van der Waals surface area (Å²) in [5.74, 6) is 1.32. The standard InChI is InChI=1S/C15H24N2O2.ClH/c1-12(2)11-19-14-7-4-6-13(10-14)17-15(18)8-5-9-16-3;/h4,6-7,10,12,16H,5,8-9,11H2,1-3H3,(H,17,18);1H. The summed E-state index contributed by atoms with van der Waals surface area (Å²) in [6, 6.07) is 7.52. The first kappa shape index (κ1) is 18.7. The first-order valence-corrected chi connectivity index (χ1v) is 6.79. The Morgan fingerprint density at radius 1 is 1.35 bits per heavy atom. The lowest BCUT2D eigenvalue weighted by Gasteiger charge is -2.10. The van der Waals surface area contributed by atoms with Crippen LogP contribution < -0.4 is 15.4 Å². The molecule has 4 nitrogen and oxygen atoms in total. The van der Waals surface area contributed by atoms with Gasteiger partial charge in [0.15, 0.2) is 0 Å². The van der Waals surface area contributed by atoms with Crippen molar-refractivity contribution in [2.45, 2.75) is 26.7 Å². The highest BCUT2D eigenvalue weighted by atomic mass is 35.5. The van der Waals surface area contributed by atoms with Crippen LogP contribution in [0.25, 0.3) is 0 Å². The van der Waals surface area contributed by atoms with Crippen LogP contribution in [0.1, 0.15) is 26.7 Å². The Hall–Kier alpha value is -1.26. The van der Waals surface area contributed by atoms with E-state index in [9.17, 15) is 4.79 Å². The Morgan fingerprint density at radius 2 is 2.10 bits per heavy atom. The number of carbonyl (C=O) groups is 1. The number of rotatable bonds is 8. The lowest BCUT2D eigenvalue weighted by Crippen LogP contribution is -2.15. The molecule has 0 atom stereocenters. The molecule has 114 valence electrons. The van der Waals surface area contributed by atoms with Gasteiger partial charge in [0.2, 0.25) is 5.91 Å². The maximum Gasteiger partial charge on any atom is 0.224 e. The fourth-order valence-electron chi connectivity index (χ4n) is 1.58. The smallest absolute Gasteiger partial charge is 0.224 e. The molecule has 0 aliphatic heterocycles. The molecule has 0 radical (unpaired) electrons. The zero-order valence-electron chi connectivity index (χ0n) is 12.4. The molecule has 0 saturated heterocycles. The van der Waals surface area contributed by atoms with Crippen LogP contribution in [0.2, 0.25) is 0 Å². The minimum Gasteiger partial charge on any atom is -0.493 e. The van der Waals surface area contributed by atoms with Crippen LogP contribution in [0, 0.1) is 5.92 Å². The summed E-state index contributed by atoms with van der Waals surface area (Å²) in [6.45, 7) is 5.74. The number of amides is 1. The van der Waals surface area contributed by atoms with Gasteiger partial charge in [0.1, 0.15) is 5.75 Å². The lowest BCUT2D eigenvalue weighted by atomic mass is 10.2. The quantitative estimate of drug-likeness (QED) is 0.725. The average Bonchev–Trinajstić information content (AvgIpc) is 2.37. The van der Waals surface area contributed by atoms with Gasteiger partial charge in [0, 0.05) is 18.2 Å². The second kappa shape index (κ2) is 10.5.